The monoisotopic (exact) mass is 319 g/mol. The van der Waals surface area contributed by atoms with Crippen molar-refractivity contribution in [3.63, 3.8) is 0 Å². The molecule has 0 fully saturated rings. The number of imidazole rings is 1. The van der Waals surface area contributed by atoms with Gasteiger partial charge in [0.2, 0.25) is 5.91 Å². The van der Waals surface area contributed by atoms with Gasteiger partial charge in [-0.05, 0) is 37.6 Å². The minimum absolute atomic E-state index is 0.198. The lowest BCUT2D eigenvalue weighted by Gasteiger charge is -2.16. The van der Waals surface area contributed by atoms with Gasteiger partial charge in [0, 0.05) is 6.54 Å². The summed E-state index contributed by atoms with van der Waals surface area (Å²) in [5.41, 5.74) is 4.43. The largest absolute Gasteiger partial charge is 0.343 e. The Bertz CT molecular complexity index is 895. The van der Waals surface area contributed by atoms with E-state index >= 15 is 0 Å². The van der Waals surface area contributed by atoms with E-state index in [0.29, 0.717) is 6.54 Å². The number of fused-ring (bicyclic) bond motifs is 1. The van der Waals surface area contributed by atoms with Crippen molar-refractivity contribution in [2.24, 2.45) is 0 Å². The molecule has 0 aliphatic rings. The Hall–Kier alpha value is -2.88. The van der Waals surface area contributed by atoms with Gasteiger partial charge in [0.15, 0.2) is 0 Å². The van der Waals surface area contributed by atoms with Gasteiger partial charge in [-0.3, -0.25) is 4.79 Å². The van der Waals surface area contributed by atoms with E-state index in [-0.39, 0.29) is 11.9 Å². The SMILES string of the molecule is C=CC(=O)NC(C)c1nc2ccccc2n1Cc1cccc(C)c1. The second-order valence-corrected chi connectivity index (χ2v) is 5.97. The van der Waals surface area contributed by atoms with Crippen LogP contribution in [0.15, 0.2) is 61.2 Å². The van der Waals surface area contributed by atoms with E-state index in [1.54, 1.807) is 0 Å². The van der Waals surface area contributed by atoms with Crippen LogP contribution in [0.1, 0.15) is 29.9 Å². The summed E-state index contributed by atoms with van der Waals surface area (Å²) in [5, 5.41) is 2.90. The maximum atomic E-state index is 11.7. The number of aromatic nitrogens is 2. The fourth-order valence-corrected chi connectivity index (χ4v) is 2.92. The summed E-state index contributed by atoms with van der Waals surface area (Å²) in [6, 6.07) is 16.3. The molecule has 0 radical (unpaired) electrons. The van der Waals surface area contributed by atoms with Crippen molar-refractivity contribution in [1.29, 1.82) is 0 Å². The smallest absolute Gasteiger partial charge is 0.243 e. The van der Waals surface area contributed by atoms with Crippen LogP contribution in [0.2, 0.25) is 0 Å². The predicted octanol–water partition coefficient (Wildman–Crippen LogP) is 3.76. The summed E-state index contributed by atoms with van der Waals surface area (Å²) in [7, 11) is 0. The fraction of sp³-hybridized carbons (Fsp3) is 0.200. The standard InChI is InChI=1S/C20H21N3O/c1-4-19(24)21-15(3)20-22-17-10-5-6-11-18(17)23(20)13-16-9-7-8-14(2)12-16/h4-12,15H,1,13H2,2-3H3,(H,21,24). The quantitative estimate of drug-likeness (QED) is 0.728. The molecule has 2 aromatic carbocycles. The zero-order valence-corrected chi connectivity index (χ0v) is 14.0. The third-order valence-electron chi connectivity index (χ3n) is 4.04. The number of amides is 1. The van der Waals surface area contributed by atoms with Crippen LogP contribution in [0.5, 0.6) is 0 Å². The molecule has 3 rings (SSSR count). The minimum atomic E-state index is -0.201. The second kappa shape index (κ2) is 6.71. The van der Waals surface area contributed by atoms with E-state index in [0.717, 1.165) is 16.9 Å². The molecular weight excluding hydrogens is 298 g/mol. The molecule has 122 valence electrons. The first-order valence-corrected chi connectivity index (χ1v) is 8.02. The molecule has 4 heteroatoms. The Kier molecular flexibility index (Phi) is 4.47. The fourth-order valence-electron chi connectivity index (χ4n) is 2.92. The zero-order chi connectivity index (χ0) is 17.1. The van der Waals surface area contributed by atoms with Crippen LogP contribution in [-0.4, -0.2) is 15.5 Å². The van der Waals surface area contributed by atoms with Crippen LogP contribution in [0.3, 0.4) is 0 Å². The highest BCUT2D eigenvalue weighted by atomic mass is 16.1. The van der Waals surface area contributed by atoms with Crippen LogP contribution in [0.4, 0.5) is 0 Å². The van der Waals surface area contributed by atoms with E-state index in [1.807, 2.05) is 25.1 Å². The summed E-state index contributed by atoms with van der Waals surface area (Å²) in [5.74, 6) is 0.643. The average molecular weight is 319 g/mol. The van der Waals surface area contributed by atoms with E-state index in [2.05, 4.69) is 53.7 Å². The first-order chi connectivity index (χ1) is 11.6. The van der Waals surface area contributed by atoms with Gasteiger partial charge in [-0.1, -0.05) is 48.5 Å². The Balaban J connectivity index is 2.04. The van der Waals surface area contributed by atoms with Gasteiger partial charge in [-0.15, -0.1) is 0 Å². The number of nitrogens with one attached hydrogen (secondary N) is 1. The van der Waals surface area contributed by atoms with Crippen molar-refractivity contribution in [3.05, 3.63) is 78.1 Å². The molecule has 0 aliphatic carbocycles. The Labute approximate surface area is 141 Å². The maximum absolute atomic E-state index is 11.7. The summed E-state index contributed by atoms with van der Waals surface area (Å²) >= 11 is 0. The molecule has 0 spiro atoms. The number of aryl methyl sites for hydroxylation is 1. The van der Waals surface area contributed by atoms with E-state index in [1.165, 1.54) is 17.2 Å². The number of hydrogen-bond acceptors (Lipinski definition) is 2. The molecule has 0 saturated carbocycles. The summed E-state index contributed by atoms with van der Waals surface area (Å²) in [4.78, 5) is 16.4. The van der Waals surface area contributed by atoms with Crippen molar-refractivity contribution >= 4 is 16.9 Å². The van der Waals surface area contributed by atoms with Gasteiger partial charge in [-0.25, -0.2) is 4.98 Å². The van der Waals surface area contributed by atoms with Crippen LogP contribution < -0.4 is 5.32 Å². The van der Waals surface area contributed by atoms with Gasteiger partial charge in [0.25, 0.3) is 0 Å². The molecule has 1 N–H and O–H groups in total. The Morgan fingerprint density at radius 3 is 2.83 bits per heavy atom. The van der Waals surface area contributed by atoms with E-state index in [4.69, 9.17) is 4.98 Å². The molecule has 24 heavy (non-hydrogen) atoms. The van der Waals surface area contributed by atoms with Crippen molar-refractivity contribution in [1.82, 2.24) is 14.9 Å². The molecule has 0 saturated heterocycles. The first kappa shape index (κ1) is 16.0. The number of nitrogens with zero attached hydrogens (tertiary/aromatic N) is 2. The molecular formula is C20H21N3O. The van der Waals surface area contributed by atoms with Crippen molar-refractivity contribution in [2.45, 2.75) is 26.4 Å². The lowest BCUT2D eigenvalue weighted by molar-refractivity contribution is -0.117. The number of para-hydroxylation sites is 2. The van der Waals surface area contributed by atoms with Crippen molar-refractivity contribution in [2.75, 3.05) is 0 Å². The van der Waals surface area contributed by atoms with Gasteiger partial charge in [-0.2, -0.15) is 0 Å². The number of carbonyl (C=O) groups is 1. The number of hydrogen-bond donors (Lipinski definition) is 1. The van der Waals surface area contributed by atoms with Gasteiger partial charge in [0.1, 0.15) is 5.82 Å². The predicted molar refractivity (Wildman–Crippen MR) is 96.8 cm³/mol. The van der Waals surface area contributed by atoms with Crippen LogP contribution >= 0.6 is 0 Å². The molecule has 1 atom stereocenters. The van der Waals surface area contributed by atoms with Crippen molar-refractivity contribution in [3.8, 4) is 0 Å². The highest BCUT2D eigenvalue weighted by Crippen LogP contribution is 2.22. The Morgan fingerprint density at radius 1 is 1.29 bits per heavy atom. The summed E-state index contributed by atoms with van der Waals surface area (Å²) in [6.45, 7) is 8.25. The van der Waals surface area contributed by atoms with E-state index < -0.39 is 0 Å². The lowest BCUT2D eigenvalue weighted by Crippen LogP contribution is -2.27. The summed E-state index contributed by atoms with van der Waals surface area (Å²) in [6.07, 6.45) is 1.28. The molecule has 1 heterocycles. The summed E-state index contributed by atoms with van der Waals surface area (Å²) < 4.78 is 2.16. The third kappa shape index (κ3) is 3.23. The molecule has 1 aromatic heterocycles. The molecule has 1 unspecified atom stereocenters. The lowest BCUT2D eigenvalue weighted by atomic mass is 10.1. The third-order valence-corrected chi connectivity index (χ3v) is 4.04. The topological polar surface area (TPSA) is 46.9 Å². The number of benzene rings is 2. The Morgan fingerprint density at radius 2 is 2.08 bits per heavy atom. The zero-order valence-electron chi connectivity index (χ0n) is 14.0. The second-order valence-electron chi connectivity index (χ2n) is 5.97. The van der Waals surface area contributed by atoms with Gasteiger partial charge in [0.05, 0.1) is 17.1 Å². The van der Waals surface area contributed by atoms with Gasteiger partial charge < -0.3 is 9.88 Å². The number of carbonyl (C=O) groups excluding carboxylic acids is 1. The van der Waals surface area contributed by atoms with Crippen molar-refractivity contribution < 1.29 is 4.79 Å². The molecule has 3 aromatic rings. The number of rotatable bonds is 5. The molecule has 0 aliphatic heterocycles. The molecule has 1 amide bonds. The highest BCUT2D eigenvalue weighted by molar-refractivity contribution is 5.87. The van der Waals surface area contributed by atoms with Crippen LogP contribution in [0.25, 0.3) is 11.0 Å². The van der Waals surface area contributed by atoms with E-state index in [9.17, 15) is 4.79 Å². The molecule has 4 nitrogen and oxygen atoms in total. The molecule has 0 bridgehead atoms. The highest BCUT2D eigenvalue weighted by Gasteiger charge is 2.17. The van der Waals surface area contributed by atoms with Crippen LogP contribution in [0, 0.1) is 6.92 Å². The van der Waals surface area contributed by atoms with Gasteiger partial charge >= 0.3 is 0 Å². The maximum Gasteiger partial charge on any atom is 0.243 e. The average Bonchev–Trinajstić information content (AvgIpc) is 2.93. The first-order valence-electron chi connectivity index (χ1n) is 8.02. The normalized spacial score (nSPS) is 12.1. The van der Waals surface area contributed by atoms with Crippen LogP contribution in [-0.2, 0) is 11.3 Å². The minimum Gasteiger partial charge on any atom is -0.343 e.